The van der Waals surface area contributed by atoms with E-state index in [9.17, 15) is 4.79 Å². The van der Waals surface area contributed by atoms with Gasteiger partial charge in [0, 0.05) is 6.54 Å². The number of likely N-dealkylation sites (N-methyl/N-ethyl adjacent to an activating group) is 1. The summed E-state index contributed by atoms with van der Waals surface area (Å²) < 4.78 is 1.40. The molecule has 0 saturated heterocycles. The summed E-state index contributed by atoms with van der Waals surface area (Å²) in [4.78, 5) is 14.0. The Balaban J connectivity index is 1.95. The van der Waals surface area contributed by atoms with Crippen molar-refractivity contribution in [3.05, 3.63) is 41.7 Å². The van der Waals surface area contributed by atoms with Crippen molar-refractivity contribution in [1.29, 1.82) is 0 Å². The molecule has 0 saturated carbocycles. The molecule has 7 nitrogen and oxygen atoms in total. The first kappa shape index (κ1) is 16.1. The first-order valence-corrected chi connectivity index (χ1v) is 7.33. The molecule has 1 heterocycles. The summed E-state index contributed by atoms with van der Waals surface area (Å²) in [5.41, 5.74) is 2.49. The van der Waals surface area contributed by atoms with E-state index in [2.05, 4.69) is 56.9 Å². The zero-order valence-electron chi connectivity index (χ0n) is 13.2. The quantitative estimate of drug-likeness (QED) is 0.813. The van der Waals surface area contributed by atoms with Crippen LogP contribution in [0.1, 0.15) is 24.1 Å². The summed E-state index contributed by atoms with van der Waals surface area (Å²) in [6, 6.07) is 8.64. The molecular formula is C15H22N6O. The van der Waals surface area contributed by atoms with Gasteiger partial charge in [0.15, 0.2) is 0 Å². The minimum absolute atomic E-state index is 0.107. The molecule has 2 aromatic rings. The molecule has 1 N–H and O–H groups in total. The van der Waals surface area contributed by atoms with Crippen LogP contribution in [0, 0.1) is 0 Å². The van der Waals surface area contributed by atoms with Crippen LogP contribution in [0.3, 0.4) is 0 Å². The molecule has 1 aromatic carbocycles. The first-order valence-electron chi connectivity index (χ1n) is 7.33. The lowest BCUT2D eigenvalue weighted by atomic mass is 10.0. The number of carbonyl (C=O) groups is 1. The molecule has 0 spiro atoms. The summed E-state index contributed by atoms with van der Waals surface area (Å²) in [6.07, 6.45) is 2.45. The Bertz CT molecular complexity index is 579. The van der Waals surface area contributed by atoms with E-state index < -0.39 is 0 Å². The number of nitrogens with one attached hydrogen (secondary N) is 1. The minimum Gasteiger partial charge on any atom is -0.353 e. The summed E-state index contributed by atoms with van der Waals surface area (Å²) >= 11 is 0. The number of tetrazole rings is 1. The molecular weight excluding hydrogens is 280 g/mol. The van der Waals surface area contributed by atoms with Crippen molar-refractivity contribution in [2.75, 3.05) is 20.6 Å². The molecule has 7 heteroatoms. The molecule has 118 valence electrons. The summed E-state index contributed by atoms with van der Waals surface area (Å²) in [6.45, 7) is 2.80. The standard InChI is InChI=1S/C15H22N6O/c1-4-12-5-7-13(8-6-12)14(20(2)3)9-16-15(22)10-21-11-17-18-19-21/h5-8,11,14H,4,9-10H2,1-3H3,(H,16,22)/t14-/m0/s1. The van der Waals surface area contributed by atoms with Gasteiger partial charge < -0.3 is 10.2 Å². The van der Waals surface area contributed by atoms with E-state index in [0.717, 1.165) is 6.42 Å². The van der Waals surface area contributed by atoms with E-state index >= 15 is 0 Å². The minimum atomic E-state index is -0.107. The molecule has 0 bridgehead atoms. The van der Waals surface area contributed by atoms with Gasteiger partial charge in [0.25, 0.3) is 0 Å². The predicted molar refractivity (Wildman–Crippen MR) is 83.1 cm³/mol. The average molecular weight is 302 g/mol. The highest BCUT2D eigenvalue weighted by atomic mass is 16.2. The van der Waals surface area contributed by atoms with Crippen LogP contribution < -0.4 is 5.32 Å². The van der Waals surface area contributed by atoms with Gasteiger partial charge in [-0.3, -0.25) is 4.79 Å². The zero-order valence-corrected chi connectivity index (χ0v) is 13.2. The van der Waals surface area contributed by atoms with Gasteiger partial charge in [0.1, 0.15) is 12.9 Å². The Labute approximate surface area is 130 Å². The second-order valence-electron chi connectivity index (χ2n) is 5.39. The number of hydrogen-bond donors (Lipinski definition) is 1. The number of nitrogens with zero attached hydrogens (tertiary/aromatic N) is 5. The molecule has 22 heavy (non-hydrogen) atoms. The molecule has 0 fully saturated rings. The second-order valence-corrected chi connectivity index (χ2v) is 5.39. The van der Waals surface area contributed by atoms with Crippen LogP contribution in [0.25, 0.3) is 0 Å². The first-order chi connectivity index (χ1) is 10.6. The Morgan fingerprint density at radius 3 is 2.59 bits per heavy atom. The van der Waals surface area contributed by atoms with Gasteiger partial charge in [0.2, 0.25) is 5.91 Å². The van der Waals surface area contributed by atoms with Crippen LogP contribution in [0.5, 0.6) is 0 Å². The van der Waals surface area contributed by atoms with Crippen LogP contribution in [-0.4, -0.2) is 51.7 Å². The molecule has 2 rings (SSSR count). The normalized spacial score (nSPS) is 12.4. The highest BCUT2D eigenvalue weighted by molar-refractivity contribution is 5.75. The average Bonchev–Trinajstić information content (AvgIpc) is 3.00. The van der Waals surface area contributed by atoms with Gasteiger partial charge in [-0.1, -0.05) is 31.2 Å². The number of aryl methyl sites for hydroxylation is 1. The lowest BCUT2D eigenvalue weighted by Crippen LogP contribution is -2.36. The van der Waals surface area contributed by atoms with Gasteiger partial charge >= 0.3 is 0 Å². The van der Waals surface area contributed by atoms with Gasteiger partial charge in [-0.05, 0) is 42.1 Å². The van der Waals surface area contributed by atoms with Crippen molar-refractivity contribution in [3.63, 3.8) is 0 Å². The second kappa shape index (κ2) is 7.65. The predicted octanol–water partition coefficient (Wildman–Crippen LogP) is 0.655. The molecule has 0 aliphatic carbocycles. The van der Waals surface area contributed by atoms with Crippen molar-refractivity contribution < 1.29 is 4.79 Å². The fraction of sp³-hybridized carbons (Fsp3) is 0.467. The van der Waals surface area contributed by atoms with Crippen LogP contribution >= 0.6 is 0 Å². The largest absolute Gasteiger partial charge is 0.353 e. The Kier molecular flexibility index (Phi) is 5.60. The monoisotopic (exact) mass is 302 g/mol. The van der Waals surface area contributed by atoms with Crippen molar-refractivity contribution in [3.8, 4) is 0 Å². The maximum absolute atomic E-state index is 11.9. The highest BCUT2D eigenvalue weighted by Gasteiger charge is 2.15. The number of carbonyl (C=O) groups excluding carboxylic acids is 1. The van der Waals surface area contributed by atoms with Crippen molar-refractivity contribution in [1.82, 2.24) is 30.4 Å². The summed E-state index contributed by atoms with van der Waals surface area (Å²) in [5, 5.41) is 13.6. The molecule has 1 amide bonds. The molecule has 1 atom stereocenters. The molecule has 0 radical (unpaired) electrons. The third kappa shape index (κ3) is 4.36. The molecule has 1 aromatic heterocycles. The molecule has 0 aliphatic rings. The Morgan fingerprint density at radius 1 is 1.32 bits per heavy atom. The topological polar surface area (TPSA) is 75.9 Å². The number of aromatic nitrogens is 4. The third-order valence-electron chi connectivity index (χ3n) is 3.59. The van der Waals surface area contributed by atoms with E-state index in [4.69, 9.17) is 0 Å². The zero-order chi connectivity index (χ0) is 15.9. The summed E-state index contributed by atoms with van der Waals surface area (Å²) in [5.74, 6) is -0.107. The number of rotatable bonds is 7. The lowest BCUT2D eigenvalue weighted by Gasteiger charge is -2.25. The van der Waals surface area contributed by atoms with Gasteiger partial charge in [0.05, 0.1) is 6.04 Å². The van der Waals surface area contributed by atoms with Crippen LogP contribution in [-0.2, 0) is 17.8 Å². The maximum Gasteiger partial charge on any atom is 0.241 e. The van der Waals surface area contributed by atoms with Crippen molar-refractivity contribution >= 4 is 5.91 Å². The van der Waals surface area contributed by atoms with E-state index in [1.165, 1.54) is 22.1 Å². The molecule has 0 unspecified atom stereocenters. The lowest BCUT2D eigenvalue weighted by molar-refractivity contribution is -0.122. The van der Waals surface area contributed by atoms with E-state index in [1.54, 1.807) is 0 Å². The summed E-state index contributed by atoms with van der Waals surface area (Å²) in [7, 11) is 4.01. The highest BCUT2D eigenvalue weighted by Crippen LogP contribution is 2.18. The van der Waals surface area contributed by atoms with Crippen molar-refractivity contribution in [2.24, 2.45) is 0 Å². The van der Waals surface area contributed by atoms with Gasteiger partial charge in [-0.2, -0.15) is 0 Å². The van der Waals surface area contributed by atoms with E-state index in [-0.39, 0.29) is 18.5 Å². The van der Waals surface area contributed by atoms with E-state index in [0.29, 0.717) is 6.54 Å². The van der Waals surface area contributed by atoms with Crippen LogP contribution in [0.2, 0.25) is 0 Å². The fourth-order valence-corrected chi connectivity index (χ4v) is 2.24. The fourth-order valence-electron chi connectivity index (χ4n) is 2.24. The Hall–Kier alpha value is -2.28. The van der Waals surface area contributed by atoms with Crippen LogP contribution in [0.15, 0.2) is 30.6 Å². The van der Waals surface area contributed by atoms with Crippen molar-refractivity contribution in [2.45, 2.75) is 25.9 Å². The van der Waals surface area contributed by atoms with Gasteiger partial charge in [-0.15, -0.1) is 5.10 Å². The maximum atomic E-state index is 11.9. The molecule has 0 aliphatic heterocycles. The third-order valence-corrected chi connectivity index (χ3v) is 3.59. The number of benzene rings is 1. The number of amides is 1. The van der Waals surface area contributed by atoms with E-state index in [1.807, 2.05) is 14.1 Å². The van der Waals surface area contributed by atoms with Crippen LogP contribution in [0.4, 0.5) is 0 Å². The Morgan fingerprint density at radius 2 is 2.05 bits per heavy atom. The SMILES string of the molecule is CCc1ccc([C@H](CNC(=O)Cn2cnnn2)N(C)C)cc1. The number of hydrogen-bond acceptors (Lipinski definition) is 5. The smallest absolute Gasteiger partial charge is 0.241 e. The van der Waals surface area contributed by atoms with Gasteiger partial charge in [-0.25, -0.2) is 4.68 Å².